The average Bonchev–Trinajstić information content (AvgIpc) is 3.06. The number of benzene rings is 1. The number of rotatable bonds is 6. The number of nitrogens with zero attached hydrogens (tertiary/aromatic N) is 2. The summed E-state index contributed by atoms with van der Waals surface area (Å²) in [5.41, 5.74) is 0.692. The monoisotopic (exact) mass is 422 g/mol. The topological polar surface area (TPSA) is 79.2 Å². The summed E-state index contributed by atoms with van der Waals surface area (Å²) >= 11 is 0. The molecule has 2 aliphatic rings. The van der Waals surface area contributed by atoms with Crippen molar-refractivity contribution in [3.05, 3.63) is 35.9 Å². The minimum absolute atomic E-state index is 0.0265. The summed E-state index contributed by atoms with van der Waals surface area (Å²) in [6.45, 7) is 7.74. The van der Waals surface area contributed by atoms with E-state index in [-0.39, 0.29) is 35.3 Å². The Hall–Kier alpha value is -1.93. The van der Waals surface area contributed by atoms with Gasteiger partial charge in [-0.25, -0.2) is 8.42 Å². The molecule has 0 unspecified atom stereocenters. The van der Waals surface area contributed by atoms with Crippen LogP contribution in [-0.4, -0.2) is 86.8 Å². The van der Waals surface area contributed by atoms with Crippen molar-refractivity contribution in [3.8, 4) is 0 Å². The average molecular weight is 423 g/mol. The van der Waals surface area contributed by atoms with E-state index in [1.54, 1.807) is 4.90 Å². The van der Waals surface area contributed by atoms with E-state index in [4.69, 9.17) is 0 Å². The first-order valence-corrected chi connectivity index (χ1v) is 12.2. The zero-order chi connectivity index (χ0) is 21.0. The van der Waals surface area contributed by atoms with Gasteiger partial charge in [0.05, 0.1) is 37.7 Å². The molecule has 160 valence electrons. The second-order valence-electron chi connectivity index (χ2n) is 8.58. The number of amides is 2. The summed E-state index contributed by atoms with van der Waals surface area (Å²) < 4.78 is 23.8. The fraction of sp³-hybridized carbons (Fsp3) is 0.619. The van der Waals surface area contributed by atoms with Crippen LogP contribution in [0.15, 0.2) is 30.3 Å². The molecular weight excluding hydrogens is 390 g/mol. The number of carbonyl (C=O) groups is 2. The van der Waals surface area contributed by atoms with E-state index in [9.17, 15) is 18.0 Å². The van der Waals surface area contributed by atoms with Gasteiger partial charge in [0.15, 0.2) is 16.4 Å². The highest BCUT2D eigenvalue weighted by Gasteiger charge is 2.36. The zero-order valence-electron chi connectivity index (χ0n) is 17.3. The Morgan fingerprint density at radius 3 is 2.38 bits per heavy atom. The third-order valence-electron chi connectivity index (χ3n) is 5.71. The quantitative estimate of drug-likeness (QED) is 0.683. The molecule has 2 amide bonds. The van der Waals surface area contributed by atoms with Gasteiger partial charge < -0.3 is 14.7 Å². The van der Waals surface area contributed by atoms with Gasteiger partial charge >= 0.3 is 0 Å². The molecule has 0 spiro atoms. The molecule has 0 saturated carbocycles. The first-order valence-electron chi connectivity index (χ1n) is 10.4. The Labute approximate surface area is 173 Å². The molecule has 7 nitrogen and oxygen atoms in total. The summed E-state index contributed by atoms with van der Waals surface area (Å²) in [4.78, 5) is 30.4. The molecule has 8 heteroatoms. The molecule has 0 aliphatic carbocycles. The summed E-state index contributed by atoms with van der Waals surface area (Å²) in [5, 5.41) is 0. The Morgan fingerprint density at radius 2 is 1.83 bits per heavy atom. The molecule has 1 N–H and O–H groups in total. The maximum atomic E-state index is 13.0. The summed E-state index contributed by atoms with van der Waals surface area (Å²) in [6.07, 6.45) is 0.537. The molecule has 1 aromatic carbocycles. The van der Waals surface area contributed by atoms with Crippen molar-refractivity contribution >= 4 is 21.7 Å². The van der Waals surface area contributed by atoms with Crippen LogP contribution in [-0.2, 0) is 14.6 Å². The third kappa shape index (κ3) is 5.79. The van der Waals surface area contributed by atoms with Gasteiger partial charge in [0, 0.05) is 18.2 Å². The van der Waals surface area contributed by atoms with Crippen LogP contribution in [0, 0.1) is 5.92 Å². The standard InChI is InChI=1S/C21H31N3O4S/c1-17(2)14-24(19-8-13-29(27,28)16-19)20(25)15-22-9-11-23(12-10-22)21(26)18-6-4-3-5-7-18/h3-7,17,19H,8-16H2,1-2H3/p+1/t19-/m1/s1. The van der Waals surface area contributed by atoms with Gasteiger partial charge in [-0.15, -0.1) is 0 Å². The molecule has 3 rings (SSSR count). The van der Waals surface area contributed by atoms with E-state index in [0.717, 1.165) is 18.0 Å². The number of quaternary nitrogens is 1. The Kier molecular flexibility index (Phi) is 6.95. The predicted octanol–water partition coefficient (Wildman–Crippen LogP) is -0.301. The van der Waals surface area contributed by atoms with E-state index in [1.807, 2.05) is 49.1 Å². The van der Waals surface area contributed by atoms with Gasteiger partial charge in [-0.3, -0.25) is 9.59 Å². The minimum Gasteiger partial charge on any atom is -0.334 e. The molecule has 1 aromatic rings. The number of hydrogen-bond donors (Lipinski definition) is 1. The van der Waals surface area contributed by atoms with Crippen LogP contribution in [0.5, 0.6) is 0 Å². The lowest BCUT2D eigenvalue weighted by Gasteiger charge is -2.35. The van der Waals surface area contributed by atoms with E-state index in [2.05, 4.69) is 0 Å². The first kappa shape index (κ1) is 21.8. The number of piperazine rings is 1. The lowest BCUT2D eigenvalue weighted by atomic mass is 10.1. The maximum Gasteiger partial charge on any atom is 0.278 e. The van der Waals surface area contributed by atoms with Crippen molar-refractivity contribution in [1.29, 1.82) is 0 Å². The molecular formula is C21H32N3O4S+. The molecule has 2 aliphatic heterocycles. The van der Waals surface area contributed by atoms with Crippen molar-refractivity contribution in [2.45, 2.75) is 26.3 Å². The largest absolute Gasteiger partial charge is 0.334 e. The van der Waals surface area contributed by atoms with Gasteiger partial charge in [-0.1, -0.05) is 32.0 Å². The normalized spacial score (nSPS) is 22.0. The summed E-state index contributed by atoms with van der Waals surface area (Å²) in [7, 11) is -3.03. The van der Waals surface area contributed by atoms with Crippen LogP contribution >= 0.6 is 0 Å². The Balaban J connectivity index is 1.55. The SMILES string of the molecule is CC(C)CN(C(=O)C[NH+]1CCN(C(=O)c2ccccc2)CC1)[C@@H]1CCS(=O)(=O)C1. The number of hydrogen-bond acceptors (Lipinski definition) is 4. The van der Waals surface area contributed by atoms with Crippen LogP contribution in [0.1, 0.15) is 30.6 Å². The highest BCUT2D eigenvalue weighted by molar-refractivity contribution is 7.91. The van der Waals surface area contributed by atoms with E-state index in [0.29, 0.717) is 38.2 Å². The molecule has 2 fully saturated rings. The van der Waals surface area contributed by atoms with Crippen LogP contribution in [0.3, 0.4) is 0 Å². The summed E-state index contributed by atoms with van der Waals surface area (Å²) in [5.74, 6) is 0.608. The molecule has 0 aromatic heterocycles. The fourth-order valence-electron chi connectivity index (χ4n) is 4.15. The van der Waals surface area contributed by atoms with E-state index in [1.165, 1.54) is 0 Å². The number of nitrogens with one attached hydrogen (secondary N) is 1. The Morgan fingerprint density at radius 1 is 1.17 bits per heavy atom. The number of sulfone groups is 1. The van der Waals surface area contributed by atoms with Crippen LogP contribution in [0.25, 0.3) is 0 Å². The predicted molar refractivity (Wildman–Crippen MR) is 112 cm³/mol. The molecule has 0 bridgehead atoms. The highest BCUT2D eigenvalue weighted by atomic mass is 32.2. The summed E-state index contributed by atoms with van der Waals surface area (Å²) in [6, 6.07) is 9.06. The fourth-order valence-corrected chi connectivity index (χ4v) is 5.88. The lowest BCUT2D eigenvalue weighted by Crippen LogP contribution is -3.15. The van der Waals surface area contributed by atoms with Gasteiger partial charge in [-0.2, -0.15) is 0 Å². The first-order chi connectivity index (χ1) is 13.7. The molecule has 2 heterocycles. The van der Waals surface area contributed by atoms with Crippen molar-refractivity contribution in [2.75, 3.05) is 50.8 Å². The van der Waals surface area contributed by atoms with Gasteiger partial charge in [0.2, 0.25) is 0 Å². The maximum absolute atomic E-state index is 13.0. The molecule has 29 heavy (non-hydrogen) atoms. The van der Waals surface area contributed by atoms with Gasteiger partial charge in [0.1, 0.15) is 0 Å². The second kappa shape index (κ2) is 9.26. The third-order valence-corrected chi connectivity index (χ3v) is 7.46. The minimum atomic E-state index is -3.03. The number of carbonyl (C=O) groups excluding carboxylic acids is 2. The van der Waals surface area contributed by atoms with Gasteiger partial charge in [-0.05, 0) is 24.5 Å². The van der Waals surface area contributed by atoms with Crippen LogP contribution in [0.2, 0.25) is 0 Å². The van der Waals surface area contributed by atoms with E-state index < -0.39 is 9.84 Å². The molecule has 0 radical (unpaired) electrons. The van der Waals surface area contributed by atoms with Gasteiger partial charge in [0.25, 0.3) is 11.8 Å². The molecule has 1 atom stereocenters. The van der Waals surface area contributed by atoms with Crippen molar-refractivity contribution in [3.63, 3.8) is 0 Å². The van der Waals surface area contributed by atoms with Crippen molar-refractivity contribution < 1.29 is 22.9 Å². The van der Waals surface area contributed by atoms with Crippen LogP contribution in [0.4, 0.5) is 0 Å². The van der Waals surface area contributed by atoms with E-state index >= 15 is 0 Å². The van der Waals surface area contributed by atoms with Crippen LogP contribution < -0.4 is 4.90 Å². The molecule has 2 saturated heterocycles. The second-order valence-corrected chi connectivity index (χ2v) is 10.8. The Bertz CT molecular complexity index is 818. The van der Waals surface area contributed by atoms with Crippen molar-refractivity contribution in [1.82, 2.24) is 9.80 Å². The van der Waals surface area contributed by atoms with Crippen molar-refractivity contribution in [2.24, 2.45) is 5.92 Å². The zero-order valence-corrected chi connectivity index (χ0v) is 18.2. The smallest absolute Gasteiger partial charge is 0.278 e. The lowest BCUT2D eigenvalue weighted by molar-refractivity contribution is -0.896. The highest BCUT2D eigenvalue weighted by Crippen LogP contribution is 2.19.